The van der Waals surface area contributed by atoms with E-state index in [0.29, 0.717) is 5.92 Å². The normalized spacial score (nSPS) is 12.5. The second-order valence-corrected chi connectivity index (χ2v) is 3.96. The third-order valence-corrected chi connectivity index (χ3v) is 2.48. The molecule has 0 saturated heterocycles. The molecule has 0 aliphatic rings. The molecule has 0 fully saturated rings. The van der Waals surface area contributed by atoms with Crippen LogP contribution in [0.5, 0.6) is 5.75 Å². The van der Waals surface area contributed by atoms with Crippen molar-refractivity contribution in [1.82, 2.24) is 0 Å². The number of benzene rings is 1. The van der Waals surface area contributed by atoms with Crippen LogP contribution < -0.4 is 10.5 Å². The van der Waals surface area contributed by atoms with Crippen LogP contribution in [0.2, 0.25) is 0 Å². The van der Waals surface area contributed by atoms with Gasteiger partial charge >= 0.3 is 0 Å². The lowest BCUT2D eigenvalue weighted by Gasteiger charge is -2.10. The molecule has 0 saturated carbocycles. The lowest BCUT2D eigenvalue weighted by Crippen LogP contribution is -2.07. The minimum Gasteiger partial charge on any atom is -0.494 e. The number of hydrogen-bond donors (Lipinski definition) is 1. The average Bonchev–Trinajstić information content (AvgIpc) is 2.22. The Hall–Kier alpha value is -1.02. The fourth-order valence-corrected chi connectivity index (χ4v) is 1.68. The SMILES string of the molecule is CCOc1ccc(CC(C)CCN)cc1. The zero-order valence-corrected chi connectivity index (χ0v) is 9.70. The fourth-order valence-electron chi connectivity index (χ4n) is 1.68. The molecule has 84 valence electrons. The highest BCUT2D eigenvalue weighted by Crippen LogP contribution is 2.16. The van der Waals surface area contributed by atoms with E-state index in [0.717, 1.165) is 31.7 Å². The first-order valence-electron chi connectivity index (χ1n) is 5.68. The molecular weight excluding hydrogens is 186 g/mol. The zero-order valence-electron chi connectivity index (χ0n) is 9.70. The van der Waals surface area contributed by atoms with E-state index >= 15 is 0 Å². The van der Waals surface area contributed by atoms with Gasteiger partial charge in [-0.2, -0.15) is 0 Å². The molecule has 0 spiro atoms. The molecule has 1 unspecified atom stereocenters. The Balaban J connectivity index is 2.48. The van der Waals surface area contributed by atoms with Gasteiger partial charge in [-0.15, -0.1) is 0 Å². The highest BCUT2D eigenvalue weighted by molar-refractivity contribution is 5.27. The summed E-state index contributed by atoms with van der Waals surface area (Å²) in [4.78, 5) is 0. The van der Waals surface area contributed by atoms with Gasteiger partial charge in [0.2, 0.25) is 0 Å². The van der Waals surface area contributed by atoms with Gasteiger partial charge in [0.1, 0.15) is 5.75 Å². The second kappa shape index (κ2) is 6.46. The van der Waals surface area contributed by atoms with Crippen LogP contribution in [0.25, 0.3) is 0 Å². The van der Waals surface area contributed by atoms with E-state index in [-0.39, 0.29) is 0 Å². The first-order valence-corrected chi connectivity index (χ1v) is 5.68. The third-order valence-electron chi connectivity index (χ3n) is 2.48. The van der Waals surface area contributed by atoms with E-state index in [1.807, 2.05) is 19.1 Å². The Labute approximate surface area is 92.4 Å². The van der Waals surface area contributed by atoms with E-state index < -0.39 is 0 Å². The van der Waals surface area contributed by atoms with E-state index in [1.165, 1.54) is 5.56 Å². The van der Waals surface area contributed by atoms with Crippen molar-refractivity contribution in [2.45, 2.75) is 26.7 Å². The first kappa shape index (κ1) is 12.1. The third kappa shape index (κ3) is 4.34. The molecule has 2 N–H and O–H groups in total. The number of ether oxygens (including phenoxy) is 1. The van der Waals surface area contributed by atoms with Gasteiger partial charge in [-0.1, -0.05) is 19.1 Å². The van der Waals surface area contributed by atoms with Crippen LogP contribution in [-0.4, -0.2) is 13.2 Å². The van der Waals surface area contributed by atoms with Crippen LogP contribution in [-0.2, 0) is 6.42 Å². The van der Waals surface area contributed by atoms with Crippen LogP contribution in [0.4, 0.5) is 0 Å². The number of hydrogen-bond acceptors (Lipinski definition) is 2. The lowest BCUT2D eigenvalue weighted by atomic mass is 9.98. The minimum atomic E-state index is 0.660. The summed E-state index contributed by atoms with van der Waals surface area (Å²) in [6, 6.07) is 8.35. The van der Waals surface area contributed by atoms with Crippen LogP contribution in [0.15, 0.2) is 24.3 Å². The van der Waals surface area contributed by atoms with Gasteiger partial charge < -0.3 is 10.5 Å². The summed E-state index contributed by atoms with van der Waals surface area (Å²) in [5.41, 5.74) is 6.89. The van der Waals surface area contributed by atoms with Crippen LogP contribution in [0, 0.1) is 5.92 Å². The summed E-state index contributed by atoms with van der Waals surface area (Å²) in [6.45, 7) is 5.74. The summed E-state index contributed by atoms with van der Waals surface area (Å²) in [5.74, 6) is 1.61. The van der Waals surface area contributed by atoms with Gasteiger partial charge in [-0.05, 0) is 49.9 Å². The molecule has 15 heavy (non-hydrogen) atoms. The maximum Gasteiger partial charge on any atom is 0.119 e. The summed E-state index contributed by atoms with van der Waals surface area (Å²) in [5, 5.41) is 0. The first-order chi connectivity index (χ1) is 7.26. The maximum atomic E-state index is 5.53. The molecule has 0 bridgehead atoms. The van der Waals surface area contributed by atoms with Crippen LogP contribution >= 0.6 is 0 Å². The fraction of sp³-hybridized carbons (Fsp3) is 0.538. The standard InChI is InChI=1S/C13H21NO/c1-3-15-13-6-4-12(5-7-13)10-11(2)8-9-14/h4-7,11H,3,8-10,14H2,1-2H3. The quantitative estimate of drug-likeness (QED) is 0.778. The molecule has 0 heterocycles. The molecule has 0 aliphatic heterocycles. The molecule has 1 aromatic carbocycles. The predicted octanol–water partition coefficient (Wildman–Crippen LogP) is 2.61. The molecule has 0 aliphatic carbocycles. The van der Waals surface area contributed by atoms with E-state index in [9.17, 15) is 0 Å². The van der Waals surface area contributed by atoms with E-state index in [4.69, 9.17) is 10.5 Å². The molecule has 1 aromatic rings. The smallest absolute Gasteiger partial charge is 0.119 e. The molecule has 0 amide bonds. The Morgan fingerprint density at radius 2 is 1.93 bits per heavy atom. The van der Waals surface area contributed by atoms with Crippen molar-refractivity contribution in [3.63, 3.8) is 0 Å². The highest BCUT2D eigenvalue weighted by atomic mass is 16.5. The maximum absolute atomic E-state index is 5.53. The van der Waals surface area contributed by atoms with Gasteiger partial charge in [0.15, 0.2) is 0 Å². The number of rotatable bonds is 6. The van der Waals surface area contributed by atoms with Gasteiger partial charge in [-0.25, -0.2) is 0 Å². The van der Waals surface area contributed by atoms with Gasteiger partial charge in [0.25, 0.3) is 0 Å². The zero-order chi connectivity index (χ0) is 11.1. The monoisotopic (exact) mass is 207 g/mol. The lowest BCUT2D eigenvalue weighted by molar-refractivity contribution is 0.340. The van der Waals surface area contributed by atoms with Gasteiger partial charge in [0.05, 0.1) is 6.61 Å². The molecular formula is C13H21NO. The van der Waals surface area contributed by atoms with Crippen LogP contribution in [0.1, 0.15) is 25.8 Å². The van der Waals surface area contributed by atoms with Crippen molar-refractivity contribution in [2.24, 2.45) is 11.7 Å². The molecule has 1 rings (SSSR count). The van der Waals surface area contributed by atoms with Crippen LogP contribution in [0.3, 0.4) is 0 Å². The largest absolute Gasteiger partial charge is 0.494 e. The predicted molar refractivity (Wildman–Crippen MR) is 64.2 cm³/mol. The van der Waals surface area contributed by atoms with Crippen molar-refractivity contribution in [1.29, 1.82) is 0 Å². The Morgan fingerprint density at radius 1 is 1.27 bits per heavy atom. The van der Waals surface area contributed by atoms with Crippen molar-refractivity contribution >= 4 is 0 Å². The van der Waals surface area contributed by atoms with Crippen molar-refractivity contribution in [2.75, 3.05) is 13.2 Å². The summed E-state index contributed by atoms with van der Waals surface area (Å²) in [7, 11) is 0. The Kier molecular flexibility index (Phi) is 5.19. The van der Waals surface area contributed by atoms with Gasteiger partial charge in [-0.3, -0.25) is 0 Å². The molecule has 2 heteroatoms. The van der Waals surface area contributed by atoms with Crippen molar-refractivity contribution in [3.05, 3.63) is 29.8 Å². The Bertz CT molecular complexity index is 268. The molecule has 1 atom stereocenters. The molecule has 2 nitrogen and oxygen atoms in total. The van der Waals surface area contributed by atoms with Crippen molar-refractivity contribution in [3.8, 4) is 5.75 Å². The second-order valence-electron chi connectivity index (χ2n) is 3.96. The van der Waals surface area contributed by atoms with Crippen molar-refractivity contribution < 1.29 is 4.74 Å². The summed E-state index contributed by atoms with van der Waals surface area (Å²) < 4.78 is 5.39. The molecule has 0 aromatic heterocycles. The average molecular weight is 207 g/mol. The highest BCUT2D eigenvalue weighted by Gasteiger charge is 2.02. The van der Waals surface area contributed by atoms with Gasteiger partial charge in [0, 0.05) is 0 Å². The van der Waals surface area contributed by atoms with E-state index in [1.54, 1.807) is 0 Å². The summed E-state index contributed by atoms with van der Waals surface area (Å²) in [6.07, 6.45) is 2.19. The van der Waals surface area contributed by atoms with E-state index in [2.05, 4.69) is 19.1 Å². The number of nitrogens with two attached hydrogens (primary N) is 1. The minimum absolute atomic E-state index is 0.660. The summed E-state index contributed by atoms with van der Waals surface area (Å²) >= 11 is 0. The topological polar surface area (TPSA) is 35.2 Å². The Morgan fingerprint density at radius 3 is 2.47 bits per heavy atom. The molecule has 0 radical (unpaired) electrons.